The molecule has 18 heavy (non-hydrogen) atoms. The first-order valence-corrected chi connectivity index (χ1v) is 7.41. The van der Waals surface area contributed by atoms with Gasteiger partial charge in [0, 0.05) is 11.3 Å². The average molecular weight is 271 g/mol. The summed E-state index contributed by atoms with van der Waals surface area (Å²) in [6.45, 7) is 7.65. The molecule has 5 aliphatic rings. The third-order valence-electron chi connectivity index (χ3n) is 5.77. The third-order valence-corrected chi connectivity index (χ3v) is 8.41. The molecule has 5 rings (SSSR count). The van der Waals surface area contributed by atoms with Crippen LogP contribution in [0.15, 0.2) is 11.1 Å². The maximum Gasteiger partial charge on any atom is 0.423 e. The van der Waals surface area contributed by atoms with Gasteiger partial charge in [0.1, 0.15) is 4.75 Å². The molecule has 0 spiro atoms. The van der Waals surface area contributed by atoms with Gasteiger partial charge in [-0.25, -0.2) is 13.2 Å². The van der Waals surface area contributed by atoms with Crippen LogP contribution in [0.1, 0.15) is 27.7 Å². The van der Waals surface area contributed by atoms with Crippen LogP contribution in [0.5, 0.6) is 0 Å². The lowest BCUT2D eigenvalue weighted by Gasteiger charge is -2.51. The van der Waals surface area contributed by atoms with E-state index in [4.69, 9.17) is 0 Å². The van der Waals surface area contributed by atoms with Gasteiger partial charge in [-0.2, -0.15) is 4.31 Å². The fourth-order valence-corrected chi connectivity index (χ4v) is 7.24. The second kappa shape index (κ2) is 2.76. The van der Waals surface area contributed by atoms with Crippen molar-refractivity contribution in [2.75, 3.05) is 7.11 Å². The van der Waals surface area contributed by atoms with E-state index >= 15 is 0 Å². The van der Waals surface area contributed by atoms with Gasteiger partial charge in [-0.15, -0.1) is 0 Å². The highest BCUT2D eigenvalue weighted by Gasteiger charge is 2.88. The second-order valence-corrected chi connectivity index (χ2v) is 8.00. The van der Waals surface area contributed by atoms with E-state index < -0.39 is 26.3 Å². The molecule has 2 saturated heterocycles. The SMILES string of the molecule is COC(=O)N1C2C3C(C)=C(C)C2(C)C3(C)S1(=O)=O. The van der Waals surface area contributed by atoms with Crippen LogP contribution in [-0.2, 0) is 14.8 Å². The molecule has 4 unspecified atom stereocenters. The lowest BCUT2D eigenvalue weighted by atomic mass is 9.54. The van der Waals surface area contributed by atoms with E-state index in [1.165, 1.54) is 7.11 Å². The van der Waals surface area contributed by atoms with Gasteiger partial charge in [-0.1, -0.05) is 18.1 Å². The summed E-state index contributed by atoms with van der Waals surface area (Å²) in [6, 6.07) is -0.292. The van der Waals surface area contributed by atoms with E-state index in [1.807, 2.05) is 20.8 Å². The zero-order valence-electron chi connectivity index (χ0n) is 11.1. The summed E-state index contributed by atoms with van der Waals surface area (Å²) in [5.41, 5.74) is 1.75. The van der Waals surface area contributed by atoms with Gasteiger partial charge in [0.15, 0.2) is 0 Å². The standard InChI is InChI=1S/C12H17NO4S/c1-6-7(2)11(3)9-8(6)12(11,4)18(15,16)13(9)10(14)17-5/h8-9H,1-5H3. The molecule has 0 aromatic carbocycles. The summed E-state index contributed by atoms with van der Waals surface area (Å²) in [5.74, 6) is -0.0772. The quantitative estimate of drug-likeness (QED) is 0.626. The number of ether oxygens (including phenoxy) is 1. The van der Waals surface area contributed by atoms with Crippen molar-refractivity contribution in [1.82, 2.24) is 4.31 Å². The first kappa shape index (κ1) is 12.0. The van der Waals surface area contributed by atoms with E-state index in [0.29, 0.717) is 0 Å². The van der Waals surface area contributed by atoms with Gasteiger partial charge in [0.25, 0.3) is 0 Å². The largest absolute Gasteiger partial charge is 0.452 e. The van der Waals surface area contributed by atoms with Crippen molar-refractivity contribution in [2.24, 2.45) is 11.3 Å². The molecule has 6 heteroatoms. The number of hydrogen-bond donors (Lipinski definition) is 0. The predicted octanol–water partition coefficient (Wildman–Crippen LogP) is 1.51. The molecule has 3 aliphatic carbocycles. The summed E-state index contributed by atoms with van der Waals surface area (Å²) in [6.07, 6.45) is -0.764. The van der Waals surface area contributed by atoms with E-state index in [9.17, 15) is 13.2 Å². The minimum absolute atomic E-state index is 0.0772. The highest BCUT2D eigenvalue weighted by molar-refractivity contribution is 7.91. The Morgan fingerprint density at radius 3 is 2.22 bits per heavy atom. The van der Waals surface area contributed by atoms with Crippen LogP contribution in [0.3, 0.4) is 0 Å². The lowest BCUT2D eigenvalue weighted by molar-refractivity contribution is 0.0378. The molecule has 4 atom stereocenters. The van der Waals surface area contributed by atoms with Crippen molar-refractivity contribution in [2.45, 2.75) is 38.5 Å². The van der Waals surface area contributed by atoms with Crippen molar-refractivity contribution in [1.29, 1.82) is 0 Å². The molecule has 0 aromatic rings. The number of nitrogens with zero attached hydrogens (tertiary/aromatic N) is 1. The van der Waals surface area contributed by atoms with Crippen LogP contribution in [0.2, 0.25) is 0 Å². The lowest BCUT2D eigenvalue weighted by Crippen LogP contribution is -2.63. The van der Waals surface area contributed by atoms with E-state index in [2.05, 4.69) is 4.74 Å². The van der Waals surface area contributed by atoms with Gasteiger partial charge in [0.2, 0.25) is 10.0 Å². The van der Waals surface area contributed by atoms with Gasteiger partial charge in [-0.05, 0) is 20.8 Å². The first-order chi connectivity index (χ1) is 8.17. The number of carbonyl (C=O) groups is 1. The monoisotopic (exact) mass is 271 g/mol. The van der Waals surface area contributed by atoms with Crippen LogP contribution in [0.25, 0.3) is 0 Å². The molecule has 2 aliphatic heterocycles. The maximum atomic E-state index is 12.6. The molecule has 2 heterocycles. The summed E-state index contributed by atoms with van der Waals surface area (Å²) in [5, 5.41) is 0. The number of rotatable bonds is 0. The van der Waals surface area contributed by atoms with Crippen molar-refractivity contribution in [3.63, 3.8) is 0 Å². The van der Waals surface area contributed by atoms with Crippen molar-refractivity contribution >= 4 is 16.1 Å². The third kappa shape index (κ3) is 0.735. The Labute approximate surface area is 107 Å². The Morgan fingerprint density at radius 1 is 1.33 bits per heavy atom. The highest BCUT2D eigenvalue weighted by Crippen LogP contribution is 2.77. The van der Waals surface area contributed by atoms with Crippen molar-refractivity contribution in [3.05, 3.63) is 11.1 Å². The van der Waals surface area contributed by atoms with Crippen molar-refractivity contribution < 1.29 is 17.9 Å². The Bertz CT molecular complexity index is 608. The topological polar surface area (TPSA) is 63.7 Å². The summed E-state index contributed by atoms with van der Waals surface area (Å²) in [4.78, 5) is 11.8. The van der Waals surface area contributed by atoms with E-state index in [1.54, 1.807) is 6.92 Å². The summed E-state index contributed by atoms with van der Waals surface area (Å²) < 4.78 is 30.0. The fraction of sp³-hybridized carbons (Fsp3) is 0.750. The number of sulfonamides is 1. The Hall–Kier alpha value is -1.04. The zero-order chi connectivity index (χ0) is 13.7. The van der Waals surface area contributed by atoms with Gasteiger partial charge < -0.3 is 4.74 Å². The number of carbonyl (C=O) groups excluding carboxylic acids is 1. The highest BCUT2D eigenvalue weighted by atomic mass is 32.2. The van der Waals surface area contributed by atoms with Gasteiger partial charge in [-0.3, -0.25) is 0 Å². The zero-order valence-corrected chi connectivity index (χ0v) is 12.0. The Kier molecular flexibility index (Phi) is 1.84. The number of methoxy groups -OCH3 is 1. The Balaban J connectivity index is 2.24. The molecule has 1 saturated carbocycles. The molecular formula is C12H17NO4S. The molecule has 4 bridgehead atoms. The average Bonchev–Trinajstić information content (AvgIpc) is 2.75. The van der Waals surface area contributed by atoms with Crippen LogP contribution >= 0.6 is 0 Å². The molecule has 0 radical (unpaired) electrons. The van der Waals surface area contributed by atoms with Crippen LogP contribution in [0.4, 0.5) is 4.79 Å². The predicted molar refractivity (Wildman–Crippen MR) is 65.3 cm³/mol. The summed E-state index contributed by atoms with van der Waals surface area (Å²) in [7, 11) is -2.43. The van der Waals surface area contributed by atoms with Crippen LogP contribution < -0.4 is 0 Å². The number of fused-ring (bicyclic) bond motifs is 1. The minimum Gasteiger partial charge on any atom is -0.452 e. The molecule has 0 aromatic heterocycles. The van der Waals surface area contributed by atoms with Crippen molar-refractivity contribution in [3.8, 4) is 0 Å². The molecular weight excluding hydrogens is 254 g/mol. The van der Waals surface area contributed by atoms with E-state index in [0.717, 1.165) is 15.5 Å². The number of hydrogen-bond acceptors (Lipinski definition) is 4. The normalized spacial score (nSPS) is 47.3. The van der Waals surface area contributed by atoms with Gasteiger partial charge >= 0.3 is 6.09 Å². The molecule has 5 nitrogen and oxygen atoms in total. The fourth-order valence-electron chi connectivity index (χ4n) is 4.50. The van der Waals surface area contributed by atoms with Crippen LogP contribution in [-0.4, -0.2) is 36.7 Å². The number of amides is 1. The smallest absolute Gasteiger partial charge is 0.423 e. The molecule has 3 fully saturated rings. The maximum absolute atomic E-state index is 12.6. The molecule has 100 valence electrons. The summed E-state index contributed by atoms with van der Waals surface area (Å²) >= 11 is 0. The minimum atomic E-state index is -3.65. The molecule has 0 N–H and O–H groups in total. The van der Waals surface area contributed by atoms with Gasteiger partial charge in [0.05, 0.1) is 13.2 Å². The molecule has 1 amide bonds. The second-order valence-electron chi connectivity index (χ2n) is 5.81. The first-order valence-electron chi connectivity index (χ1n) is 5.97. The van der Waals surface area contributed by atoms with E-state index in [-0.39, 0.29) is 12.0 Å². The van der Waals surface area contributed by atoms with Crippen LogP contribution in [0, 0.1) is 11.3 Å². The Morgan fingerprint density at radius 2 is 1.89 bits per heavy atom.